The van der Waals surface area contributed by atoms with Crippen LogP contribution in [-0.4, -0.2) is 33.7 Å². The number of aryl methyl sites for hydroxylation is 1. The number of ether oxygens (including phenoxy) is 1. The monoisotopic (exact) mass is 428 g/mol. The number of hydrogen-bond donors (Lipinski definition) is 1. The van der Waals surface area contributed by atoms with Gasteiger partial charge in [0, 0.05) is 13.0 Å². The Morgan fingerprint density at radius 2 is 1.69 bits per heavy atom. The number of para-hydroxylation sites is 1. The number of carboxylic acid groups (broad SMARTS) is 1. The molecule has 162 valence electrons. The Kier molecular flexibility index (Phi) is 6.03. The van der Waals surface area contributed by atoms with E-state index >= 15 is 0 Å². The number of hydrogen-bond acceptors (Lipinski definition) is 4. The van der Waals surface area contributed by atoms with Gasteiger partial charge in [-0.25, -0.2) is 14.6 Å². The van der Waals surface area contributed by atoms with Crippen LogP contribution in [0.25, 0.3) is 22.2 Å². The van der Waals surface area contributed by atoms with Crippen molar-refractivity contribution in [3.63, 3.8) is 0 Å². The van der Waals surface area contributed by atoms with Gasteiger partial charge >= 0.3 is 11.9 Å². The van der Waals surface area contributed by atoms with Crippen molar-refractivity contribution < 1.29 is 19.4 Å². The zero-order valence-electron chi connectivity index (χ0n) is 18.0. The number of carbonyl (C=O) groups is 2. The molecule has 4 rings (SSSR count). The van der Waals surface area contributed by atoms with Gasteiger partial charge in [-0.3, -0.25) is 0 Å². The van der Waals surface area contributed by atoms with Crippen LogP contribution in [0.1, 0.15) is 45.4 Å². The summed E-state index contributed by atoms with van der Waals surface area (Å²) in [7, 11) is 1.38. The molecule has 0 spiro atoms. The Bertz CT molecular complexity index is 1290. The normalized spacial score (nSPS) is 10.9. The molecule has 0 fully saturated rings. The molecule has 6 nitrogen and oxygen atoms in total. The molecule has 1 aromatic heterocycles. The van der Waals surface area contributed by atoms with Crippen LogP contribution >= 0.6 is 0 Å². The SMILES string of the molecule is CCCc1nc2c(C(=O)O)cccc2n1Cc1ccc(-c2ccccc2C(=O)OC)cc1. The molecule has 4 aromatic rings. The molecule has 6 heteroatoms. The molecule has 0 saturated heterocycles. The molecular formula is C26H24N2O4. The van der Waals surface area contributed by atoms with Crippen molar-refractivity contribution in [3.8, 4) is 11.1 Å². The standard InChI is InChI=1S/C26H24N2O4/c1-3-7-23-27-24-21(25(29)30)10-6-11-22(24)28(23)16-17-12-14-18(15-13-17)19-8-4-5-9-20(19)26(31)32-2/h4-6,8-15H,3,7,16H2,1-2H3,(H,29,30). The van der Waals surface area contributed by atoms with Crippen LogP contribution in [0.5, 0.6) is 0 Å². The van der Waals surface area contributed by atoms with Crippen molar-refractivity contribution in [2.75, 3.05) is 7.11 Å². The van der Waals surface area contributed by atoms with Crippen molar-refractivity contribution >= 4 is 23.0 Å². The molecule has 32 heavy (non-hydrogen) atoms. The first-order chi connectivity index (χ1) is 15.5. The number of esters is 1. The van der Waals surface area contributed by atoms with Crippen LogP contribution in [0.3, 0.4) is 0 Å². The largest absolute Gasteiger partial charge is 0.478 e. The van der Waals surface area contributed by atoms with Crippen LogP contribution in [0.2, 0.25) is 0 Å². The predicted octanol–water partition coefficient (Wildman–Crippen LogP) is 5.19. The minimum absolute atomic E-state index is 0.216. The fraction of sp³-hybridized carbons (Fsp3) is 0.192. The van der Waals surface area contributed by atoms with Crippen LogP contribution in [0, 0.1) is 0 Å². The summed E-state index contributed by atoms with van der Waals surface area (Å²) in [6.07, 6.45) is 1.67. The zero-order chi connectivity index (χ0) is 22.7. The van der Waals surface area contributed by atoms with E-state index in [2.05, 4.69) is 16.5 Å². The van der Waals surface area contributed by atoms with Crippen LogP contribution < -0.4 is 0 Å². The van der Waals surface area contributed by atoms with Crippen LogP contribution in [-0.2, 0) is 17.7 Å². The van der Waals surface area contributed by atoms with Gasteiger partial charge in [0.2, 0.25) is 0 Å². The molecule has 1 N–H and O–H groups in total. The average molecular weight is 428 g/mol. The van der Waals surface area contributed by atoms with E-state index in [1.807, 2.05) is 48.5 Å². The van der Waals surface area contributed by atoms with Crippen molar-refractivity contribution in [1.82, 2.24) is 9.55 Å². The number of carboxylic acids is 1. The van der Waals surface area contributed by atoms with E-state index in [0.717, 1.165) is 40.9 Å². The molecule has 0 aliphatic rings. The topological polar surface area (TPSA) is 81.4 Å². The third-order valence-electron chi connectivity index (χ3n) is 5.50. The highest BCUT2D eigenvalue weighted by molar-refractivity contribution is 6.01. The van der Waals surface area contributed by atoms with Gasteiger partial charge in [0.15, 0.2) is 0 Å². The number of fused-ring (bicyclic) bond motifs is 1. The lowest BCUT2D eigenvalue weighted by atomic mass is 9.98. The smallest absolute Gasteiger partial charge is 0.338 e. The number of carbonyl (C=O) groups excluding carboxylic acids is 1. The van der Waals surface area contributed by atoms with E-state index < -0.39 is 5.97 Å². The fourth-order valence-electron chi connectivity index (χ4n) is 3.95. The molecule has 0 unspecified atom stereocenters. The Balaban J connectivity index is 1.71. The lowest BCUT2D eigenvalue weighted by molar-refractivity contribution is 0.0600. The second-order valence-corrected chi connectivity index (χ2v) is 7.58. The van der Waals surface area contributed by atoms with Gasteiger partial charge in [-0.15, -0.1) is 0 Å². The lowest BCUT2D eigenvalue weighted by Gasteiger charge is -2.11. The number of benzene rings is 3. The minimum Gasteiger partial charge on any atom is -0.478 e. The van der Waals surface area contributed by atoms with E-state index in [0.29, 0.717) is 17.6 Å². The highest BCUT2D eigenvalue weighted by Gasteiger charge is 2.17. The summed E-state index contributed by atoms with van der Waals surface area (Å²) in [5, 5.41) is 9.54. The van der Waals surface area contributed by atoms with Gasteiger partial charge in [-0.1, -0.05) is 55.5 Å². The third kappa shape index (κ3) is 3.99. The van der Waals surface area contributed by atoms with Gasteiger partial charge in [0.05, 0.1) is 23.8 Å². The molecule has 0 bridgehead atoms. The fourth-order valence-corrected chi connectivity index (χ4v) is 3.95. The van der Waals surface area contributed by atoms with E-state index in [4.69, 9.17) is 4.74 Å². The van der Waals surface area contributed by atoms with Crippen LogP contribution in [0.15, 0.2) is 66.7 Å². The Labute approximate surface area is 186 Å². The number of methoxy groups -OCH3 is 1. The van der Waals surface area contributed by atoms with Crippen LogP contribution in [0.4, 0.5) is 0 Å². The third-order valence-corrected chi connectivity index (χ3v) is 5.50. The summed E-state index contributed by atoms with van der Waals surface area (Å²) in [6, 6.07) is 20.6. The molecule has 0 radical (unpaired) electrons. The van der Waals surface area contributed by atoms with Crippen molar-refractivity contribution in [2.45, 2.75) is 26.3 Å². The molecule has 3 aromatic carbocycles. The first-order valence-electron chi connectivity index (χ1n) is 10.5. The maximum atomic E-state index is 12.1. The molecule has 0 saturated carbocycles. The minimum atomic E-state index is -0.975. The average Bonchev–Trinajstić information content (AvgIpc) is 3.16. The molecule has 0 amide bonds. The van der Waals surface area contributed by atoms with Gasteiger partial charge in [-0.05, 0) is 41.3 Å². The maximum absolute atomic E-state index is 12.1. The second-order valence-electron chi connectivity index (χ2n) is 7.58. The number of aromatic nitrogens is 2. The van der Waals surface area contributed by atoms with E-state index in [1.165, 1.54) is 7.11 Å². The van der Waals surface area contributed by atoms with Gasteiger partial charge < -0.3 is 14.4 Å². The van der Waals surface area contributed by atoms with Gasteiger partial charge in [-0.2, -0.15) is 0 Å². The number of imidazole rings is 1. The van der Waals surface area contributed by atoms with E-state index in [-0.39, 0.29) is 11.5 Å². The van der Waals surface area contributed by atoms with Gasteiger partial charge in [0.25, 0.3) is 0 Å². The highest BCUT2D eigenvalue weighted by Crippen LogP contribution is 2.26. The Morgan fingerprint density at radius 3 is 2.38 bits per heavy atom. The second kappa shape index (κ2) is 9.06. The quantitative estimate of drug-likeness (QED) is 0.410. The van der Waals surface area contributed by atoms with Crippen molar-refractivity contribution in [1.29, 1.82) is 0 Å². The van der Waals surface area contributed by atoms with Crippen molar-refractivity contribution in [3.05, 3.63) is 89.2 Å². The molecule has 0 aliphatic carbocycles. The Hall–Kier alpha value is -3.93. The summed E-state index contributed by atoms with van der Waals surface area (Å²) in [5.74, 6) is -0.471. The summed E-state index contributed by atoms with van der Waals surface area (Å²) in [6.45, 7) is 2.66. The molecule has 0 aliphatic heterocycles. The first kappa shape index (κ1) is 21.3. The first-order valence-corrected chi connectivity index (χ1v) is 10.5. The Morgan fingerprint density at radius 1 is 0.969 bits per heavy atom. The molecule has 0 atom stereocenters. The summed E-state index contributed by atoms with van der Waals surface area (Å²) in [4.78, 5) is 28.4. The zero-order valence-corrected chi connectivity index (χ0v) is 18.0. The number of nitrogens with zero attached hydrogens (tertiary/aromatic N) is 2. The van der Waals surface area contributed by atoms with Crippen molar-refractivity contribution in [2.24, 2.45) is 0 Å². The lowest BCUT2D eigenvalue weighted by Crippen LogP contribution is -2.05. The van der Waals surface area contributed by atoms with Gasteiger partial charge in [0.1, 0.15) is 11.3 Å². The molecule has 1 heterocycles. The maximum Gasteiger partial charge on any atom is 0.338 e. The van der Waals surface area contributed by atoms with E-state index in [1.54, 1.807) is 18.2 Å². The number of aromatic carboxylic acids is 1. The predicted molar refractivity (Wildman–Crippen MR) is 123 cm³/mol. The number of rotatable bonds is 7. The summed E-state index contributed by atoms with van der Waals surface area (Å²) < 4.78 is 6.99. The summed E-state index contributed by atoms with van der Waals surface area (Å²) in [5.41, 5.74) is 4.87. The highest BCUT2D eigenvalue weighted by atomic mass is 16.5. The van der Waals surface area contributed by atoms with E-state index in [9.17, 15) is 14.7 Å². The molecular weight excluding hydrogens is 404 g/mol. The summed E-state index contributed by atoms with van der Waals surface area (Å²) >= 11 is 0.